The molecule has 1 atom stereocenters. The molecule has 0 saturated carbocycles. The van der Waals surface area contributed by atoms with Gasteiger partial charge in [-0.05, 0) is 36.4 Å². The molecule has 2 aliphatic rings. The van der Waals surface area contributed by atoms with Crippen molar-refractivity contribution >= 4 is 17.8 Å². The molecule has 0 amide bonds. The van der Waals surface area contributed by atoms with Crippen molar-refractivity contribution in [3.8, 4) is 34.5 Å². The predicted octanol–water partition coefficient (Wildman–Crippen LogP) is 4.78. The van der Waals surface area contributed by atoms with E-state index in [4.69, 9.17) is 28.4 Å². The second-order valence-corrected chi connectivity index (χ2v) is 8.24. The number of hydrogen-bond acceptors (Lipinski definition) is 8. The summed E-state index contributed by atoms with van der Waals surface area (Å²) in [6, 6.07) is 13.9. The first-order valence-electron chi connectivity index (χ1n) is 11.2. The van der Waals surface area contributed by atoms with E-state index < -0.39 is 5.92 Å². The van der Waals surface area contributed by atoms with Gasteiger partial charge >= 0.3 is 5.97 Å². The Labute approximate surface area is 207 Å². The molecule has 3 aromatic carbocycles. The lowest BCUT2D eigenvalue weighted by atomic mass is 9.84. The number of ketones is 1. The zero-order valence-corrected chi connectivity index (χ0v) is 20.2. The number of ether oxygens (including phenoxy) is 6. The van der Waals surface area contributed by atoms with Crippen LogP contribution in [-0.2, 0) is 4.79 Å². The van der Waals surface area contributed by atoms with Gasteiger partial charge in [0.2, 0.25) is 5.78 Å². The molecule has 5 rings (SSSR count). The van der Waals surface area contributed by atoms with Crippen LogP contribution >= 0.6 is 0 Å². The number of methoxy groups -OCH3 is 4. The maximum absolute atomic E-state index is 13.3. The zero-order valence-electron chi connectivity index (χ0n) is 20.2. The van der Waals surface area contributed by atoms with Gasteiger partial charge in [0.25, 0.3) is 0 Å². The van der Waals surface area contributed by atoms with Gasteiger partial charge in [-0.1, -0.05) is 6.07 Å². The van der Waals surface area contributed by atoms with Crippen molar-refractivity contribution in [2.24, 2.45) is 0 Å². The fourth-order valence-electron chi connectivity index (χ4n) is 4.56. The highest BCUT2D eigenvalue weighted by Gasteiger charge is 2.39. The third kappa shape index (κ3) is 3.90. The van der Waals surface area contributed by atoms with E-state index in [1.807, 2.05) is 6.07 Å². The second-order valence-electron chi connectivity index (χ2n) is 8.24. The van der Waals surface area contributed by atoms with Crippen LogP contribution in [0, 0.1) is 0 Å². The maximum atomic E-state index is 13.3. The summed E-state index contributed by atoms with van der Waals surface area (Å²) >= 11 is 0. The number of Topliss-reactive ketones (excluding diaryl/α,β-unsaturated/α-hetero) is 1. The van der Waals surface area contributed by atoms with Crippen molar-refractivity contribution in [1.82, 2.24) is 0 Å². The van der Waals surface area contributed by atoms with Crippen LogP contribution in [0.25, 0.3) is 6.08 Å². The Bertz CT molecular complexity index is 1400. The molecule has 2 aliphatic heterocycles. The topological polar surface area (TPSA) is 89.5 Å². The first-order chi connectivity index (χ1) is 17.5. The van der Waals surface area contributed by atoms with E-state index in [1.165, 1.54) is 0 Å². The lowest BCUT2D eigenvalue weighted by molar-refractivity contribution is -0.135. The minimum atomic E-state index is -0.445. The Morgan fingerprint density at radius 3 is 2.19 bits per heavy atom. The molecule has 0 aliphatic carbocycles. The van der Waals surface area contributed by atoms with Crippen molar-refractivity contribution in [2.45, 2.75) is 12.3 Å². The molecule has 0 fully saturated rings. The molecule has 0 radical (unpaired) electrons. The predicted molar refractivity (Wildman–Crippen MR) is 131 cm³/mol. The van der Waals surface area contributed by atoms with Gasteiger partial charge in [0.05, 0.1) is 40.4 Å². The average molecular weight is 488 g/mol. The molecule has 0 unspecified atom stereocenters. The molecule has 0 saturated heterocycles. The molecule has 0 spiro atoms. The van der Waals surface area contributed by atoms with E-state index in [0.717, 1.165) is 5.56 Å². The van der Waals surface area contributed by atoms with Crippen LogP contribution in [0.5, 0.6) is 34.5 Å². The molecule has 0 N–H and O–H groups in total. The smallest absolute Gasteiger partial charge is 0.312 e. The zero-order chi connectivity index (χ0) is 25.4. The van der Waals surface area contributed by atoms with E-state index in [1.54, 1.807) is 77.0 Å². The highest BCUT2D eigenvalue weighted by Crippen LogP contribution is 2.51. The summed E-state index contributed by atoms with van der Waals surface area (Å²) < 4.78 is 33.3. The molecule has 8 heteroatoms. The van der Waals surface area contributed by atoms with E-state index in [9.17, 15) is 9.59 Å². The first kappa shape index (κ1) is 23.3. The molecular formula is C28H24O8. The standard InChI is InChI=1S/C28H24O8/c1-31-16-6-5-15(22(12-16)33-3)11-24-27(30)19-9-10-21-26(28(19)36-24)20(14-25(29)35-21)18-8-7-17(32-2)13-23(18)34-4/h5-13,20H,14H2,1-4H3/b24-11-/t20-/m0/s1. The normalized spacial score (nSPS) is 17.1. The molecule has 3 aromatic rings. The fourth-order valence-corrected chi connectivity index (χ4v) is 4.56. The average Bonchev–Trinajstić information content (AvgIpc) is 3.22. The Hall–Kier alpha value is -4.46. The van der Waals surface area contributed by atoms with Crippen LogP contribution in [0.15, 0.2) is 54.3 Å². The summed E-state index contributed by atoms with van der Waals surface area (Å²) in [6.45, 7) is 0. The summed E-state index contributed by atoms with van der Waals surface area (Å²) in [7, 11) is 6.23. The minimum Gasteiger partial charge on any atom is -0.497 e. The number of esters is 1. The molecule has 2 heterocycles. The van der Waals surface area contributed by atoms with Crippen molar-refractivity contribution in [1.29, 1.82) is 0 Å². The lowest BCUT2D eigenvalue weighted by Gasteiger charge is -2.27. The van der Waals surface area contributed by atoms with Gasteiger partial charge in [-0.3, -0.25) is 9.59 Å². The van der Waals surface area contributed by atoms with Gasteiger partial charge in [-0.25, -0.2) is 0 Å². The molecule has 36 heavy (non-hydrogen) atoms. The Morgan fingerprint density at radius 2 is 1.50 bits per heavy atom. The van der Waals surface area contributed by atoms with E-state index in [2.05, 4.69) is 0 Å². The van der Waals surface area contributed by atoms with Crippen molar-refractivity contribution in [2.75, 3.05) is 28.4 Å². The van der Waals surface area contributed by atoms with Crippen LogP contribution in [0.3, 0.4) is 0 Å². The SMILES string of the molecule is COc1ccc(/C=C2\Oc3c(ccc4c3[C@H](c3ccc(OC)cc3OC)CC(=O)O4)C2=O)c(OC)c1. The molecule has 8 nitrogen and oxygen atoms in total. The van der Waals surface area contributed by atoms with Crippen molar-refractivity contribution in [3.63, 3.8) is 0 Å². The summed E-state index contributed by atoms with van der Waals surface area (Å²) in [6.07, 6.45) is 1.69. The summed E-state index contributed by atoms with van der Waals surface area (Å²) in [5, 5.41) is 0. The Morgan fingerprint density at radius 1 is 0.806 bits per heavy atom. The quantitative estimate of drug-likeness (QED) is 0.278. The van der Waals surface area contributed by atoms with Crippen LogP contribution in [0.4, 0.5) is 0 Å². The second kappa shape index (κ2) is 9.30. The lowest BCUT2D eigenvalue weighted by Crippen LogP contribution is -2.22. The van der Waals surface area contributed by atoms with Gasteiger partial charge in [0.15, 0.2) is 5.76 Å². The van der Waals surface area contributed by atoms with Crippen LogP contribution in [0.1, 0.15) is 39.4 Å². The van der Waals surface area contributed by atoms with Gasteiger partial charge in [-0.15, -0.1) is 0 Å². The van der Waals surface area contributed by atoms with Gasteiger partial charge in [0, 0.05) is 34.7 Å². The van der Waals surface area contributed by atoms with E-state index >= 15 is 0 Å². The van der Waals surface area contributed by atoms with E-state index in [-0.39, 0.29) is 23.9 Å². The number of allylic oxidation sites excluding steroid dienone is 1. The third-order valence-corrected chi connectivity index (χ3v) is 6.32. The monoisotopic (exact) mass is 488 g/mol. The maximum Gasteiger partial charge on any atom is 0.312 e. The van der Waals surface area contributed by atoms with Crippen LogP contribution in [-0.4, -0.2) is 40.2 Å². The number of benzene rings is 3. The van der Waals surface area contributed by atoms with Gasteiger partial charge in [-0.2, -0.15) is 0 Å². The Balaban J connectivity index is 1.61. The summed E-state index contributed by atoms with van der Waals surface area (Å²) in [4.78, 5) is 25.8. The molecule has 0 bridgehead atoms. The Kier molecular flexibility index (Phi) is 6.01. The first-order valence-corrected chi connectivity index (χ1v) is 11.2. The largest absolute Gasteiger partial charge is 0.497 e. The van der Waals surface area contributed by atoms with Gasteiger partial charge in [0.1, 0.15) is 34.5 Å². The molecular weight excluding hydrogens is 464 g/mol. The van der Waals surface area contributed by atoms with Crippen LogP contribution in [0.2, 0.25) is 0 Å². The number of rotatable bonds is 6. The number of hydrogen-bond donors (Lipinski definition) is 0. The van der Waals surface area contributed by atoms with E-state index in [0.29, 0.717) is 51.2 Å². The highest BCUT2D eigenvalue weighted by molar-refractivity contribution is 6.15. The summed E-state index contributed by atoms with van der Waals surface area (Å²) in [5.74, 6) is 2.10. The van der Waals surface area contributed by atoms with Crippen molar-refractivity contribution in [3.05, 3.63) is 76.5 Å². The third-order valence-electron chi connectivity index (χ3n) is 6.32. The van der Waals surface area contributed by atoms with Gasteiger partial charge < -0.3 is 28.4 Å². The fraction of sp³-hybridized carbons (Fsp3) is 0.214. The summed E-state index contributed by atoms with van der Waals surface area (Å²) in [5.41, 5.74) is 2.43. The number of fused-ring (bicyclic) bond motifs is 3. The number of carbonyl (C=O) groups excluding carboxylic acids is 2. The minimum absolute atomic E-state index is 0.0645. The molecule has 0 aromatic heterocycles. The van der Waals surface area contributed by atoms with Crippen molar-refractivity contribution < 1.29 is 38.0 Å². The van der Waals surface area contributed by atoms with Crippen LogP contribution < -0.4 is 28.4 Å². The highest BCUT2D eigenvalue weighted by atomic mass is 16.5. The molecule has 184 valence electrons. The number of carbonyl (C=O) groups is 2.